The molecule has 138 valence electrons. The lowest BCUT2D eigenvalue weighted by Gasteiger charge is -2.09. The Morgan fingerprint density at radius 1 is 1.04 bits per heavy atom. The van der Waals surface area contributed by atoms with Crippen molar-refractivity contribution in [1.82, 2.24) is 24.5 Å². The number of hydrogen-bond donors (Lipinski definition) is 1. The fourth-order valence-electron chi connectivity index (χ4n) is 3.13. The zero-order valence-corrected chi connectivity index (χ0v) is 15.8. The van der Waals surface area contributed by atoms with E-state index in [0.29, 0.717) is 17.9 Å². The summed E-state index contributed by atoms with van der Waals surface area (Å²) in [7, 11) is -4.26. The highest BCUT2D eigenvalue weighted by Crippen LogP contribution is 2.27. The van der Waals surface area contributed by atoms with E-state index in [1.807, 2.05) is 37.5 Å². The predicted molar refractivity (Wildman–Crippen MR) is 100 cm³/mol. The molecule has 1 N–H and O–H groups in total. The molecule has 4 heterocycles. The topological polar surface area (TPSA) is 111 Å². The highest BCUT2D eigenvalue weighted by molar-refractivity contribution is 7.85. The van der Waals surface area contributed by atoms with E-state index in [1.54, 1.807) is 6.07 Å². The second kappa shape index (κ2) is 6.07. The number of aromatic nitrogens is 5. The molecule has 0 atom stereocenters. The summed E-state index contributed by atoms with van der Waals surface area (Å²) in [6.45, 7) is 6.13. The van der Waals surface area contributed by atoms with Gasteiger partial charge in [0, 0.05) is 17.3 Å². The molecular weight excluding hydrogens is 366 g/mol. The van der Waals surface area contributed by atoms with Crippen molar-refractivity contribution in [3.8, 4) is 0 Å². The van der Waals surface area contributed by atoms with Crippen molar-refractivity contribution in [2.45, 2.75) is 32.2 Å². The Bertz CT molecular complexity index is 1290. The summed E-state index contributed by atoms with van der Waals surface area (Å²) in [5.41, 5.74) is 4.72. The van der Waals surface area contributed by atoms with Crippen LogP contribution in [-0.4, -0.2) is 37.5 Å². The van der Waals surface area contributed by atoms with Crippen LogP contribution in [0.5, 0.6) is 0 Å². The van der Waals surface area contributed by atoms with Gasteiger partial charge in [-0.3, -0.25) is 9.54 Å². The average Bonchev–Trinajstić information content (AvgIpc) is 2.92. The zero-order chi connectivity index (χ0) is 19.3. The molecule has 4 rings (SSSR count). The van der Waals surface area contributed by atoms with Crippen LogP contribution in [0.3, 0.4) is 0 Å². The molecule has 4 aromatic heterocycles. The Balaban J connectivity index is 1.89. The van der Waals surface area contributed by atoms with Crippen molar-refractivity contribution in [3.63, 3.8) is 0 Å². The Morgan fingerprint density at radius 3 is 2.48 bits per heavy atom. The minimum absolute atomic E-state index is 0.233. The van der Waals surface area contributed by atoms with E-state index in [1.165, 1.54) is 6.07 Å². The molecular formula is C18H17N5O3S. The summed E-state index contributed by atoms with van der Waals surface area (Å²) < 4.78 is 33.5. The van der Waals surface area contributed by atoms with Gasteiger partial charge in [0.15, 0.2) is 5.65 Å². The second-order valence-corrected chi connectivity index (χ2v) is 7.85. The van der Waals surface area contributed by atoms with Gasteiger partial charge in [-0.1, -0.05) is 0 Å². The molecule has 8 nitrogen and oxygen atoms in total. The first-order valence-electron chi connectivity index (χ1n) is 8.27. The summed E-state index contributed by atoms with van der Waals surface area (Å²) in [6, 6.07) is 6.83. The largest absolute Gasteiger partial charge is 0.321 e. The summed E-state index contributed by atoms with van der Waals surface area (Å²) >= 11 is 0. The predicted octanol–water partition coefficient (Wildman–Crippen LogP) is 2.59. The number of imidazole rings is 1. The van der Waals surface area contributed by atoms with Gasteiger partial charge < -0.3 is 4.57 Å². The molecule has 0 aromatic carbocycles. The van der Waals surface area contributed by atoms with Crippen LogP contribution in [0.1, 0.15) is 22.9 Å². The van der Waals surface area contributed by atoms with Crippen LogP contribution in [0.4, 0.5) is 0 Å². The lowest BCUT2D eigenvalue weighted by molar-refractivity contribution is 0.482. The Labute approximate surface area is 155 Å². The molecule has 0 amide bonds. The Morgan fingerprint density at radius 2 is 1.81 bits per heavy atom. The minimum atomic E-state index is -4.26. The highest BCUT2D eigenvalue weighted by Gasteiger charge is 2.16. The number of aryl methyl sites for hydroxylation is 3. The number of hydrogen-bond acceptors (Lipinski definition) is 6. The Kier molecular flexibility index (Phi) is 3.93. The quantitative estimate of drug-likeness (QED) is 0.541. The van der Waals surface area contributed by atoms with Gasteiger partial charge in [0.2, 0.25) is 0 Å². The van der Waals surface area contributed by atoms with Gasteiger partial charge in [-0.15, -0.1) is 0 Å². The molecule has 0 saturated carbocycles. The molecule has 0 aliphatic carbocycles. The normalized spacial score (nSPS) is 12.1. The van der Waals surface area contributed by atoms with Gasteiger partial charge in [-0.25, -0.2) is 15.0 Å². The molecule has 0 fully saturated rings. The molecule has 9 heteroatoms. The van der Waals surface area contributed by atoms with Crippen LogP contribution in [0.2, 0.25) is 0 Å². The van der Waals surface area contributed by atoms with Gasteiger partial charge >= 0.3 is 0 Å². The first-order chi connectivity index (χ1) is 12.7. The SMILES string of the molecule is Cc1ccc2c(n1)nc(C)c1nc(C)n(Cc3ccc(S(=O)(=O)O)cn3)c12. The van der Waals surface area contributed by atoms with Gasteiger partial charge in [-0.05, 0) is 45.0 Å². The first kappa shape index (κ1) is 17.5. The lowest BCUT2D eigenvalue weighted by atomic mass is 10.2. The molecule has 27 heavy (non-hydrogen) atoms. The number of nitrogens with zero attached hydrogens (tertiary/aromatic N) is 5. The molecule has 0 aliphatic heterocycles. The Hall–Kier alpha value is -2.91. The third-order valence-electron chi connectivity index (χ3n) is 4.46. The summed E-state index contributed by atoms with van der Waals surface area (Å²) in [6.07, 6.45) is 1.15. The fraction of sp³-hybridized carbons (Fsp3) is 0.222. The summed E-state index contributed by atoms with van der Waals surface area (Å²) in [5, 5.41) is 0.899. The van der Waals surface area contributed by atoms with Gasteiger partial charge in [-0.2, -0.15) is 8.42 Å². The van der Waals surface area contributed by atoms with E-state index in [4.69, 9.17) is 4.55 Å². The fourth-order valence-corrected chi connectivity index (χ4v) is 3.55. The van der Waals surface area contributed by atoms with E-state index in [-0.39, 0.29) is 4.90 Å². The standard InChI is InChI=1S/C18H17N5O3S/c1-10-4-7-15-17-16(11(2)21-18(15)20-10)22-12(3)23(17)9-13-5-6-14(8-19-13)27(24,25)26/h4-8H,9H2,1-3H3,(H,24,25,26). The van der Waals surface area contributed by atoms with Crippen LogP contribution in [0, 0.1) is 20.8 Å². The van der Waals surface area contributed by atoms with Crippen molar-refractivity contribution in [2.24, 2.45) is 0 Å². The van der Waals surface area contributed by atoms with Crippen molar-refractivity contribution >= 4 is 32.2 Å². The zero-order valence-electron chi connectivity index (χ0n) is 15.0. The maximum absolute atomic E-state index is 11.2. The van der Waals surface area contributed by atoms with E-state index in [0.717, 1.165) is 39.8 Å². The summed E-state index contributed by atoms with van der Waals surface area (Å²) in [4.78, 5) is 17.7. The van der Waals surface area contributed by atoms with E-state index >= 15 is 0 Å². The lowest BCUT2D eigenvalue weighted by Crippen LogP contribution is -2.06. The van der Waals surface area contributed by atoms with Crippen LogP contribution in [0.25, 0.3) is 22.1 Å². The van der Waals surface area contributed by atoms with Crippen LogP contribution in [-0.2, 0) is 16.7 Å². The van der Waals surface area contributed by atoms with Gasteiger partial charge in [0.1, 0.15) is 16.2 Å². The summed E-state index contributed by atoms with van der Waals surface area (Å²) in [5.74, 6) is 0.795. The third-order valence-corrected chi connectivity index (χ3v) is 5.30. The monoisotopic (exact) mass is 383 g/mol. The number of rotatable bonds is 3. The molecule has 0 unspecified atom stereocenters. The van der Waals surface area contributed by atoms with E-state index in [9.17, 15) is 8.42 Å². The molecule has 0 spiro atoms. The highest BCUT2D eigenvalue weighted by atomic mass is 32.2. The third kappa shape index (κ3) is 3.04. The van der Waals surface area contributed by atoms with Gasteiger partial charge in [0.25, 0.3) is 10.1 Å². The van der Waals surface area contributed by atoms with E-state index in [2.05, 4.69) is 19.9 Å². The van der Waals surface area contributed by atoms with Crippen molar-refractivity contribution < 1.29 is 13.0 Å². The number of fused-ring (bicyclic) bond motifs is 3. The molecule has 0 saturated heterocycles. The van der Waals surface area contributed by atoms with Crippen LogP contribution >= 0.6 is 0 Å². The van der Waals surface area contributed by atoms with Crippen LogP contribution in [0.15, 0.2) is 35.4 Å². The average molecular weight is 383 g/mol. The van der Waals surface area contributed by atoms with Gasteiger partial charge in [0.05, 0.1) is 23.4 Å². The molecule has 0 aliphatic rings. The maximum atomic E-state index is 11.2. The minimum Gasteiger partial charge on any atom is -0.321 e. The van der Waals surface area contributed by atoms with Crippen molar-refractivity contribution in [3.05, 3.63) is 53.4 Å². The van der Waals surface area contributed by atoms with Crippen molar-refractivity contribution in [1.29, 1.82) is 0 Å². The molecule has 0 bridgehead atoms. The van der Waals surface area contributed by atoms with E-state index < -0.39 is 10.1 Å². The first-order valence-corrected chi connectivity index (χ1v) is 9.71. The molecule has 4 aromatic rings. The molecule has 0 radical (unpaired) electrons. The number of pyridine rings is 3. The second-order valence-electron chi connectivity index (χ2n) is 6.42. The smallest absolute Gasteiger partial charge is 0.296 e. The van der Waals surface area contributed by atoms with Crippen molar-refractivity contribution in [2.75, 3.05) is 0 Å². The van der Waals surface area contributed by atoms with Crippen LogP contribution < -0.4 is 0 Å². The maximum Gasteiger partial charge on any atom is 0.296 e.